The lowest BCUT2D eigenvalue weighted by Gasteiger charge is -2.20. The van der Waals surface area contributed by atoms with Crippen molar-refractivity contribution in [3.05, 3.63) is 35.7 Å². The van der Waals surface area contributed by atoms with Crippen LogP contribution in [0.5, 0.6) is 0 Å². The Bertz CT molecular complexity index is 620. The van der Waals surface area contributed by atoms with Gasteiger partial charge >= 0.3 is 6.09 Å². The molecule has 0 saturated carbocycles. The fourth-order valence-corrected chi connectivity index (χ4v) is 2.04. The number of rotatable bonds is 3. The zero-order valence-electron chi connectivity index (χ0n) is 12.3. The number of amides is 1. The molecule has 1 aromatic rings. The van der Waals surface area contributed by atoms with Gasteiger partial charge in [-0.15, -0.1) is 0 Å². The van der Waals surface area contributed by atoms with Gasteiger partial charge in [-0.2, -0.15) is 0 Å². The molecular formula is C15H18N2O4. The average Bonchev–Trinajstić information content (AvgIpc) is 2.77. The lowest BCUT2D eigenvalue weighted by atomic mass is 10.0. The first-order valence-electron chi connectivity index (χ1n) is 6.70. The molecule has 1 amide bonds. The molecule has 0 aliphatic heterocycles. The van der Waals surface area contributed by atoms with Gasteiger partial charge in [-0.25, -0.2) is 4.79 Å². The molecule has 0 atom stereocenters. The monoisotopic (exact) mass is 290 g/mol. The van der Waals surface area contributed by atoms with E-state index in [0.29, 0.717) is 24.3 Å². The minimum Gasteiger partial charge on any atom is -0.444 e. The second-order valence-corrected chi connectivity index (χ2v) is 5.76. The van der Waals surface area contributed by atoms with Gasteiger partial charge in [0.2, 0.25) is 5.78 Å². The molecule has 21 heavy (non-hydrogen) atoms. The number of ether oxygens (including phenoxy) is 1. The summed E-state index contributed by atoms with van der Waals surface area (Å²) in [6.07, 6.45) is 3.70. The number of carbonyl (C=O) groups is 3. The maximum atomic E-state index is 11.8. The first-order valence-corrected chi connectivity index (χ1v) is 6.70. The van der Waals surface area contributed by atoms with Crippen LogP contribution in [0.15, 0.2) is 24.4 Å². The maximum Gasteiger partial charge on any atom is 0.407 e. The first-order chi connectivity index (χ1) is 9.78. The fourth-order valence-electron chi connectivity index (χ4n) is 2.04. The van der Waals surface area contributed by atoms with Gasteiger partial charge < -0.3 is 14.6 Å². The Morgan fingerprint density at radius 3 is 2.57 bits per heavy atom. The van der Waals surface area contributed by atoms with Crippen LogP contribution < -0.4 is 5.32 Å². The molecule has 0 spiro atoms. The molecule has 1 aliphatic rings. The highest BCUT2D eigenvalue weighted by Gasteiger charge is 2.23. The zero-order chi connectivity index (χ0) is 15.6. The fraction of sp³-hybridized carbons (Fsp3) is 0.400. The second-order valence-electron chi connectivity index (χ2n) is 5.76. The summed E-state index contributed by atoms with van der Waals surface area (Å²) in [7, 11) is 0. The van der Waals surface area contributed by atoms with Gasteiger partial charge in [0.15, 0.2) is 5.78 Å². The summed E-state index contributed by atoms with van der Waals surface area (Å²) in [5, 5.41) is 2.61. The summed E-state index contributed by atoms with van der Waals surface area (Å²) in [5.74, 6) is -0.379. The number of allylic oxidation sites excluding steroid dienone is 2. The normalized spacial score (nSPS) is 14.0. The van der Waals surface area contributed by atoms with Crippen LogP contribution in [-0.2, 0) is 11.3 Å². The lowest BCUT2D eigenvalue weighted by molar-refractivity contribution is 0.0526. The van der Waals surface area contributed by atoms with Crippen molar-refractivity contribution < 1.29 is 19.1 Å². The number of alkyl carbamates (subject to hydrolysis) is 1. The zero-order valence-corrected chi connectivity index (χ0v) is 12.3. The Labute approximate surface area is 122 Å². The van der Waals surface area contributed by atoms with Gasteiger partial charge in [0.05, 0.1) is 5.56 Å². The number of nitrogens with zero attached hydrogens (tertiary/aromatic N) is 1. The van der Waals surface area contributed by atoms with Crippen LogP contribution >= 0.6 is 0 Å². The van der Waals surface area contributed by atoms with Crippen LogP contribution in [0.4, 0.5) is 4.79 Å². The second kappa shape index (κ2) is 5.55. The number of hydrogen-bond acceptors (Lipinski definition) is 4. The Hall–Kier alpha value is -2.37. The predicted molar refractivity (Wildman–Crippen MR) is 76.5 cm³/mol. The summed E-state index contributed by atoms with van der Waals surface area (Å²) in [4.78, 5) is 35.0. The Morgan fingerprint density at radius 1 is 1.24 bits per heavy atom. The molecule has 6 heteroatoms. The van der Waals surface area contributed by atoms with Crippen LogP contribution in [-0.4, -0.2) is 34.4 Å². The number of fused-ring (bicyclic) bond motifs is 1. The van der Waals surface area contributed by atoms with Crippen molar-refractivity contribution in [1.29, 1.82) is 0 Å². The number of carbonyl (C=O) groups excluding carboxylic acids is 3. The molecule has 0 radical (unpaired) electrons. The van der Waals surface area contributed by atoms with E-state index in [1.54, 1.807) is 37.6 Å². The van der Waals surface area contributed by atoms with Crippen LogP contribution in [0, 0.1) is 0 Å². The topological polar surface area (TPSA) is 77.4 Å². The minimum atomic E-state index is -0.552. The molecule has 112 valence electrons. The maximum absolute atomic E-state index is 11.8. The van der Waals surface area contributed by atoms with Gasteiger partial charge in [-0.3, -0.25) is 9.59 Å². The van der Waals surface area contributed by atoms with Gasteiger partial charge in [0.25, 0.3) is 0 Å². The quantitative estimate of drug-likeness (QED) is 0.923. The van der Waals surface area contributed by atoms with Crippen molar-refractivity contribution in [1.82, 2.24) is 9.88 Å². The molecule has 0 fully saturated rings. The van der Waals surface area contributed by atoms with Gasteiger partial charge in [-0.05, 0) is 39.0 Å². The summed E-state index contributed by atoms with van der Waals surface area (Å²) in [6.45, 7) is 6.05. The van der Waals surface area contributed by atoms with E-state index >= 15 is 0 Å². The molecule has 1 N–H and O–H groups in total. The van der Waals surface area contributed by atoms with Crippen molar-refractivity contribution in [3.8, 4) is 0 Å². The smallest absolute Gasteiger partial charge is 0.407 e. The molecule has 1 heterocycles. The van der Waals surface area contributed by atoms with E-state index in [1.165, 1.54) is 12.2 Å². The predicted octanol–water partition coefficient (Wildman–Crippen LogP) is 1.95. The molecule has 0 bridgehead atoms. The van der Waals surface area contributed by atoms with E-state index in [4.69, 9.17) is 4.74 Å². The number of aromatic nitrogens is 1. The van der Waals surface area contributed by atoms with Gasteiger partial charge in [0.1, 0.15) is 11.3 Å². The number of nitrogens with one attached hydrogen (secondary N) is 1. The Morgan fingerprint density at radius 2 is 1.90 bits per heavy atom. The van der Waals surface area contributed by atoms with Crippen molar-refractivity contribution in [2.45, 2.75) is 32.9 Å². The van der Waals surface area contributed by atoms with Crippen molar-refractivity contribution >= 4 is 17.7 Å². The summed E-state index contributed by atoms with van der Waals surface area (Å²) < 4.78 is 6.78. The molecule has 0 unspecified atom stereocenters. The summed E-state index contributed by atoms with van der Waals surface area (Å²) in [5.41, 5.74) is 0.220. The molecule has 0 saturated heterocycles. The van der Waals surface area contributed by atoms with Crippen LogP contribution in [0.1, 0.15) is 41.6 Å². The van der Waals surface area contributed by atoms with E-state index in [-0.39, 0.29) is 11.6 Å². The molecule has 2 rings (SSSR count). The van der Waals surface area contributed by atoms with Crippen LogP contribution in [0.25, 0.3) is 0 Å². The van der Waals surface area contributed by atoms with Crippen LogP contribution in [0.3, 0.4) is 0 Å². The largest absolute Gasteiger partial charge is 0.444 e. The lowest BCUT2D eigenvalue weighted by Crippen LogP contribution is -2.34. The molecule has 1 aromatic heterocycles. The van der Waals surface area contributed by atoms with E-state index in [0.717, 1.165) is 0 Å². The molecular weight excluding hydrogens is 272 g/mol. The van der Waals surface area contributed by atoms with Crippen molar-refractivity contribution in [3.63, 3.8) is 0 Å². The summed E-state index contributed by atoms with van der Waals surface area (Å²) in [6, 6.07) is 1.62. The van der Waals surface area contributed by atoms with Crippen LogP contribution in [0.2, 0.25) is 0 Å². The number of ketones is 2. The van der Waals surface area contributed by atoms with E-state index in [9.17, 15) is 14.4 Å². The van der Waals surface area contributed by atoms with E-state index in [2.05, 4.69) is 5.32 Å². The van der Waals surface area contributed by atoms with Gasteiger partial charge in [-0.1, -0.05) is 0 Å². The number of hydrogen-bond donors (Lipinski definition) is 1. The molecule has 6 nitrogen and oxygen atoms in total. The molecule has 1 aliphatic carbocycles. The minimum absolute atomic E-state index is 0.177. The standard InChI is InChI=1S/C15H18N2O4/c1-15(2,3)21-14(20)16-7-9-17-8-6-10-11(18)4-5-12(19)13(10)17/h4-6,8H,7,9H2,1-3H3,(H,16,20). The third kappa shape index (κ3) is 3.59. The van der Waals surface area contributed by atoms with E-state index in [1.807, 2.05) is 0 Å². The highest BCUT2D eigenvalue weighted by molar-refractivity contribution is 6.21. The molecule has 0 aromatic carbocycles. The third-order valence-corrected chi connectivity index (χ3v) is 2.87. The SMILES string of the molecule is CC(C)(C)OC(=O)NCCn1ccc2c1C(=O)C=CC2=O. The van der Waals surface area contributed by atoms with Crippen molar-refractivity contribution in [2.75, 3.05) is 6.54 Å². The third-order valence-electron chi connectivity index (χ3n) is 2.87. The summed E-state index contributed by atoms with van der Waals surface area (Å²) >= 11 is 0. The Balaban J connectivity index is 1.96. The highest BCUT2D eigenvalue weighted by atomic mass is 16.6. The highest BCUT2D eigenvalue weighted by Crippen LogP contribution is 2.18. The Kier molecular flexibility index (Phi) is 3.97. The van der Waals surface area contributed by atoms with Gasteiger partial charge in [0, 0.05) is 19.3 Å². The van der Waals surface area contributed by atoms with E-state index < -0.39 is 11.7 Å². The first kappa shape index (κ1) is 15.0. The average molecular weight is 290 g/mol. The van der Waals surface area contributed by atoms with Crippen molar-refractivity contribution in [2.24, 2.45) is 0 Å².